The van der Waals surface area contributed by atoms with Crippen molar-refractivity contribution >= 4 is 64.2 Å². The number of fused-ring (bicyclic) bond motifs is 3. The first-order chi connectivity index (χ1) is 22.6. The third-order valence-electron chi connectivity index (χ3n) is 7.89. The molecule has 0 amide bonds. The van der Waals surface area contributed by atoms with E-state index < -0.39 is 0 Å². The lowest BCUT2D eigenvalue weighted by Gasteiger charge is -2.09. The monoisotopic (exact) mass is 646 g/mol. The fourth-order valence-corrected chi connectivity index (χ4v) is 9.33. The van der Waals surface area contributed by atoms with E-state index in [4.69, 9.17) is 19.9 Å². The van der Waals surface area contributed by atoms with Gasteiger partial charge in [0.2, 0.25) is 0 Å². The Morgan fingerprint density at radius 2 is 1.11 bits per heavy atom. The number of aromatic nitrogens is 3. The van der Waals surface area contributed by atoms with Gasteiger partial charge in [-0.2, -0.15) is 0 Å². The minimum Gasteiger partial charge on any atom is -0.253 e. The molecule has 220 valence electrons. The van der Waals surface area contributed by atoms with Crippen molar-refractivity contribution in [3.8, 4) is 45.3 Å². The van der Waals surface area contributed by atoms with Gasteiger partial charge in [0, 0.05) is 55.1 Å². The molecule has 8 aromatic rings. The summed E-state index contributed by atoms with van der Waals surface area (Å²) in [4.78, 5) is 19.7. The van der Waals surface area contributed by atoms with Crippen LogP contribution in [0.2, 0.25) is 0 Å². The van der Waals surface area contributed by atoms with Crippen molar-refractivity contribution in [2.45, 2.75) is 6.92 Å². The molecule has 0 aliphatic heterocycles. The Labute approximate surface area is 278 Å². The highest BCUT2D eigenvalue weighted by Crippen LogP contribution is 2.49. The third-order valence-corrected chi connectivity index (χ3v) is 11.3. The number of hydrogen-bond acceptors (Lipinski definition) is 7. The Balaban J connectivity index is 1.23. The van der Waals surface area contributed by atoms with Gasteiger partial charge in [0.15, 0.2) is 17.5 Å². The quantitative estimate of drug-likeness (QED) is 0.162. The Morgan fingerprint density at radius 3 is 1.76 bits per heavy atom. The van der Waals surface area contributed by atoms with Crippen LogP contribution < -0.4 is 0 Å². The maximum atomic E-state index is 4.96. The predicted octanol–water partition coefficient (Wildman–Crippen LogP) is 11.5. The lowest BCUT2D eigenvalue weighted by Crippen LogP contribution is -2.00. The molecule has 0 bridgehead atoms. The molecule has 4 aromatic heterocycles. The average Bonchev–Trinajstić information content (AvgIpc) is 3.82. The fraction of sp³-hybridized carbons (Fsp3) is 0.0256. The summed E-state index contributed by atoms with van der Waals surface area (Å²) >= 11 is 5.40. The molecular weight excluding hydrogens is 621 g/mol. The van der Waals surface area contributed by atoms with Crippen molar-refractivity contribution in [3.63, 3.8) is 0 Å². The molecule has 0 atom stereocenters. The molecule has 0 fully saturated rings. The van der Waals surface area contributed by atoms with Gasteiger partial charge in [0.1, 0.15) is 0 Å². The number of hydrogen-bond donors (Lipinski definition) is 0. The van der Waals surface area contributed by atoms with Crippen molar-refractivity contribution < 1.29 is 0 Å². The van der Waals surface area contributed by atoms with Crippen molar-refractivity contribution in [3.05, 3.63) is 144 Å². The van der Waals surface area contributed by atoms with Crippen molar-refractivity contribution in [1.82, 2.24) is 15.0 Å². The van der Waals surface area contributed by atoms with Gasteiger partial charge in [0.25, 0.3) is 0 Å². The van der Waals surface area contributed by atoms with E-state index >= 15 is 0 Å². The molecule has 8 rings (SSSR count). The van der Waals surface area contributed by atoms with Gasteiger partial charge in [-0.05, 0) is 24.1 Å². The largest absolute Gasteiger partial charge is 0.253 e. The van der Waals surface area contributed by atoms with Gasteiger partial charge in [0.05, 0.1) is 13.7 Å². The summed E-state index contributed by atoms with van der Waals surface area (Å²) in [5, 5.41) is 6.96. The zero-order valence-electron chi connectivity index (χ0n) is 24.8. The number of benzene rings is 4. The van der Waals surface area contributed by atoms with Crippen LogP contribution in [0.4, 0.5) is 0 Å². The van der Waals surface area contributed by atoms with Gasteiger partial charge in [-0.1, -0.05) is 116 Å². The molecular formula is C39H26N4S3. The fourth-order valence-electron chi connectivity index (χ4n) is 5.58. The van der Waals surface area contributed by atoms with E-state index in [-0.39, 0.29) is 0 Å². The number of aliphatic imine (C=N–C) groups is 1. The van der Waals surface area contributed by atoms with Crippen LogP contribution in [0.1, 0.15) is 18.1 Å². The first-order valence-corrected chi connectivity index (χ1v) is 17.4. The van der Waals surface area contributed by atoms with Gasteiger partial charge >= 0.3 is 0 Å². The summed E-state index contributed by atoms with van der Waals surface area (Å²) < 4.78 is 2.60. The van der Waals surface area contributed by atoms with Crippen LogP contribution >= 0.6 is 34.0 Å². The molecule has 0 radical (unpaired) electrons. The molecule has 0 spiro atoms. The maximum absolute atomic E-state index is 4.96. The average molecular weight is 647 g/mol. The predicted molar refractivity (Wildman–Crippen MR) is 198 cm³/mol. The first kappa shape index (κ1) is 28.4. The minimum absolute atomic E-state index is 0.645. The second-order valence-corrected chi connectivity index (χ2v) is 14.2. The highest BCUT2D eigenvalue weighted by atomic mass is 32.2. The lowest BCUT2D eigenvalue weighted by atomic mass is 10.0. The molecule has 0 saturated carbocycles. The Morgan fingerprint density at radius 1 is 0.587 bits per heavy atom. The molecule has 46 heavy (non-hydrogen) atoms. The van der Waals surface area contributed by atoms with E-state index in [1.807, 2.05) is 97.1 Å². The molecule has 0 unspecified atom stereocenters. The molecule has 0 N–H and O–H groups in total. The maximum Gasteiger partial charge on any atom is 0.164 e. The summed E-state index contributed by atoms with van der Waals surface area (Å²) in [6.07, 6.45) is 0. The number of nitrogens with zero attached hydrogens (tertiary/aromatic N) is 4. The van der Waals surface area contributed by atoms with Gasteiger partial charge in [-0.25, -0.2) is 15.0 Å². The van der Waals surface area contributed by atoms with E-state index in [0.29, 0.717) is 17.5 Å². The van der Waals surface area contributed by atoms with E-state index in [1.165, 1.54) is 24.4 Å². The van der Waals surface area contributed by atoms with E-state index in [9.17, 15) is 0 Å². The highest BCUT2D eigenvalue weighted by molar-refractivity contribution is 7.48. The van der Waals surface area contributed by atoms with Crippen LogP contribution in [0.15, 0.2) is 138 Å². The summed E-state index contributed by atoms with van der Waals surface area (Å²) in [5.41, 5.74) is 9.10. The van der Waals surface area contributed by atoms with Crippen LogP contribution in [0.25, 0.3) is 69.8 Å². The number of rotatable bonds is 7. The number of thiophene rings is 3. The van der Waals surface area contributed by atoms with Crippen molar-refractivity contribution in [1.29, 1.82) is 0 Å². The first-order valence-electron chi connectivity index (χ1n) is 14.8. The molecule has 0 aliphatic carbocycles. The van der Waals surface area contributed by atoms with E-state index in [2.05, 4.69) is 53.7 Å². The summed E-state index contributed by atoms with van der Waals surface area (Å²) in [6, 6.07) is 39.0. The second kappa shape index (κ2) is 12.0. The Bertz CT molecular complexity index is 2330. The van der Waals surface area contributed by atoms with E-state index in [1.54, 1.807) is 22.7 Å². The van der Waals surface area contributed by atoms with Gasteiger partial charge in [-0.15, -0.1) is 34.0 Å². The van der Waals surface area contributed by atoms with Crippen LogP contribution in [0.3, 0.4) is 0 Å². The molecule has 0 saturated heterocycles. The highest BCUT2D eigenvalue weighted by Gasteiger charge is 2.20. The second-order valence-electron chi connectivity index (χ2n) is 10.9. The Hall–Kier alpha value is -5.08. The van der Waals surface area contributed by atoms with E-state index in [0.717, 1.165) is 44.8 Å². The van der Waals surface area contributed by atoms with Gasteiger partial charge in [-0.3, -0.25) is 4.99 Å². The lowest BCUT2D eigenvalue weighted by molar-refractivity contribution is 1.07. The zero-order chi connectivity index (χ0) is 31.0. The van der Waals surface area contributed by atoms with Crippen molar-refractivity contribution in [2.24, 2.45) is 4.99 Å². The minimum atomic E-state index is 0.645. The molecule has 4 heterocycles. The molecule has 7 heteroatoms. The molecule has 4 aromatic carbocycles. The smallest absolute Gasteiger partial charge is 0.164 e. The van der Waals surface area contributed by atoms with Crippen LogP contribution in [0, 0.1) is 0 Å². The van der Waals surface area contributed by atoms with Crippen molar-refractivity contribution in [2.75, 3.05) is 0 Å². The van der Waals surface area contributed by atoms with Crippen LogP contribution in [0.5, 0.6) is 0 Å². The standard InChI is InChI=1S/C39H26N4S3/c1-24(26-13-6-3-7-14-26)40-25(2)31-22-44-38-33(31)34-32(23-45-39(34)46-38)29-19-12-20-30(21-29)37-42-35(27-15-8-4-9-16-27)41-36(43-37)28-17-10-5-11-18-28/h3-23H,2H2,1H3/b40-24+. The third kappa shape index (κ3) is 5.28. The summed E-state index contributed by atoms with van der Waals surface area (Å²) in [5.74, 6) is 1.95. The van der Waals surface area contributed by atoms with Crippen LogP contribution in [-0.2, 0) is 0 Å². The SMILES string of the molecule is C=C(/N=C(\C)c1ccccc1)c1csc2sc3scc(-c4cccc(-c5nc(-c6ccccc6)nc(-c6ccccc6)n5)c4)c3c12. The molecule has 4 nitrogen and oxygen atoms in total. The normalized spacial score (nSPS) is 11.8. The zero-order valence-corrected chi connectivity index (χ0v) is 27.3. The van der Waals surface area contributed by atoms with Crippen LogP contribution in [-0.4, -0.2) is 20.7 Å². The topological polar surface area (TPSA) is 51.0 Å². The summed E-state index contributed by atoms with van der Waals surface area (Å²) in [6.45, 7) is 6.45. The Kier molecular flexibility index (Phi) is 7.42. The molecule has 0 aliphatic rings. The van der Waals surface area contributed by atoms with Gasteiger partial charge < -0.3 is 0 Å². The summed E-state index contributed by atoms with van der Waals surface area (Å²) in [7, 11) is 0.